The van der Waals surface area contributed by atoms with Crippen molar-refractivity contribution in [3.8, 4) is 0 Å². The molecule has 3 nitrogen and oxygen atoms in total. The van der Waals surface area contributed by atoms with Gasteiger partial charge in [-0.15, -0.1) is 0 Å². The fourth-order valence-corrected chi connectivity index (χ4v) is 9.95. The maximum Gasteiger partial charge on any atom is 0.155 e. The Morgan fingerprint density at radius 3 is 2.60 bits per heavy atom. The molecule has 0 amide bonds. The maximum atomic E-state index is 13.7. The van der Waals surface area contributed by atoms with Gasteiger partial charge in [-0.05, 0) is 84.2 Å². The molecule has 0 bridgehead atoms. The van der Waals surface area contributed by atoms with Gasteiger partial charge in [0.1, 0.15) is 11.0 Å². The summed E-state index contributed by atoms with van der Waals surface area (Å²) in [6, 6.07) is 9.75. The summed E-state index contributed by atoms with van der Waals surface area (Å²) in [5.41, 5.74) is 1.17. The molecule has 5 aliphatic carbocycles. The lowest BCUT2D eigenvalue weighted by atomic mass is 9.47. The molecule has 0 aromatic heterocycles. The molecule has 30 heavy (non-hydrogen) atoms. The number of Topliss-reactive ketones (excluding diaryl/α,β-unsaturated/α-hetero) is 1. The monoisotopic (exact) mass is 422 g/mol. The van der Waals surface area contributed by atoms with Gasteiger partial charge >= 0.3 is 0 Å². The second-order valence-corrected chi connectivity index (χ2v) is 12.6. The van der Waals surface area contributed by atoms with E-state index in [4.69, 9.17) is 0 Å². The molecule has 9 atom stereocenters. The Labute approximate surface area is 181 Å². The lowest BCUT2D eigenvalue weighted by molar-refractivity contribution is -0.133. The quantitative estimate of drug-likeness (QED) is 0.648. The average Bonchev–Trinajstić information content (AvgIpc) is 3.49. The Bertz CT molecular complexity index is 954. The van der Waals surface area contributed by atoms with Crippen molar-refractivity contribution < 1.29 is 14.1 Å². The van der Waals surface area contributed by atoms with Gasteiger partial charge in [0.05, 0.1) is 6.42 Å². The van der Waals surface area contributed by atoms with Gasteiger partial charge in [-0.1, -0.05) is 37.6 Å². The minimum Gasteiger partial charge on any atom is -0.611 e. The smallest absolute Gasteiger partial charge is 0.155 e. The van der Waals surface area contributed by atoms with Crippen molar-refractivity contribution in [3.05, 3.63) is 42.0 Å². The third-order valence-electron chi connectivity index (χ3n) is 9.68. The molecule has 4 saturated carbocycles. The van der Waals surface area contributed by atoms with Crippen molar-refractivity contribution in [2.45, 2.75) is 62.5 Å². The first-order valence-electron chi connectivity index (χ1n) is 11.6. The van der Waals surface area contributed by atoms with Gasteiger partial charge in [0.25, 0.3) is 0 Å². The molecular weight excluding hydrogens is 392 g/mol. The van der Waals surface area contributed by atoms with E-state index in [1.165, 1.54) is 5.57 Å². The zero-order valence-corrected chi connectivity index (χ0v) is 18.6. The van der Waals surface area contributed by atoms with Crippen LogP contribution in [0.25, 0.3) is 0 Å². The number of carbonyl (C=O) groups is 2. The van der Waals surface area contributed by atoms with E-state index >= 15 is 0 Å². The highest BCUT2D eigenvalue weighted by molar-refractivity contribution is 7.92. The molecule has 1 aromatic rings. The van der Waals surface area contributed by atoms with E-state index in [1.807, 2.05) is 36.4 Å². The van der Waals surface area contributed by atoms with Crippen LogP contribution >= 0.6 is 0 Å². The highest BCUT2D eigenvalue weighted by atomic mass is 32.2. The molecule has 4 heteroatoms. The lowest BCUT2D eigenvalue weighted by Gasteiger charge is -2.57. The predicted octanol–water partition coefficient (Wildman–Crippen LogP) is 4.73. The first-order chi connectivity index (χ1) is 14.3. The van der Waals surface area contributed by atoms with Gasteiger partial charge < -0.3 is 4.55 Å². The van der Waals surface area contributed by atoms with Crippen LogP contribution in [-0.4, -0.2) is 21.4 Å². The Kier molecular flexibility index (Phi) is 4.07. The van der Waals surface area contributed by atoms with Crippen LogP contribution in [0.1, 0.15) is 52.4 Å². The number of hydrogen-bond acceptors (Lipinski definition) is 3. The van der Waals surface area contributed by atoms with Crippen LogP contribution in [0.15, 0.2) is 46.9 Å². The number of allylic oxidation sites excluding steroid dienone is 1. The SMILES string of the molecule is C[C@]12CCC(=O)C=C1C1CC1[C@@H]1[C@@H]2CC[C@]2(C)C(=O)CC([S+]([O-])c3ccccc3)[C@@H]12. The van der Waals surface area contributed by atoms with Crippen LogP contribution in [0.3, 0.4) is 0 Å². The summed E-state index contributed by atoms with van der Waals surface area (Å²) in [4.78, 5) is 26.3. The summed E-state index contributed by atoms with van der Waals surface area (Å²) in [6.07, 6.45) is 7.18. The fraction of sp³-hybridized carbons (Fsp3) is 0.615. The Balaban J connectivity index is 1.42. The van der Waals surface area contributed by atoms with Crippen LogP contribution in [0, 0.1) is 40.4 Å². The van der Waals surface area contributed by atoms with Gasteiger partial charge in [-0.2, -0.15) is 0 Å². The molecular formula is C26H30O3S. The van der Waals surface area contributed by atoms with Crippen LogP contribution in [0.2, 0.25) is 0 Å². The number of hydrogen-bond donors (Lipinski definition) is 0. The van der Waals surface area contributed by atoms with E-state index in [9.17, 15) is 14.1 Å². The van der Waals surface area contributed by atoms with Crippen molar-refractivity contribution in [1.29, 1.82) is 0 Å². The molecule has 0 N–H and O–H groups in total. The molecule has 0 spiro atoms. The summed E-state index contributed by atoms with van der Waals surface area (Å²) in [5.74, 6) is 2.91. The second-order valence-electron chi connectivity index (χ2n) is 10.9. The van der Waals surface area contributed by atoms with Crippen LogP contribution in [0.4, 0.5) is 0 Å². The van der Waals surface area contributed by atoms with Gasteiger partial charge in [0, 0.05) is 17.8 Å². The summed E-state index contributed by atoms with van der Waals surface area (Å²) >= 11 is -1.15. The highest BCUT2D eigenvalue weighted by Gasteiger charge is 2.71. The Morgan fingerprint density at radius 2 is 1.83 bits per heavy atom. The summed E-state index contributed by atoms with van der Waals surface area (Å²) < 4.78 is 13.7. The summed E-state index contributed by atoms with van der Waals surface area (Å²) in [6.45, 7) is 4.56. The Morgan fingerprint density at radius 1 is 1.07 bits per heavy atom. The molecule has 6 rings (SSSR count). The molecule has 4 fully saturated rings. The van der Waals surface area contributed by atoms with Crippen LogP contribution in [-0.2, 0) is 20.8 Å². The highest BCUT2D eigenvalue weighted by Crippen LogP contribution is 2.73. The number of carbonyl (C=O) groups excluding carboxylic acids is 2. The molecule has 0 radical (unpaired) electrons. The molecule has 0 aliphatic heterocycles. The van der Waals surface area contributed by atoms with Crippen molar-refractivity contribution >= 4 is 22.7 Å². The van der Waals surface area contributed by atoms with E-state index in [-0.39, 0.29) is 22.0 Å². The largest absolute Gasteiger partial charge is 0.611 e. The van der Waals surface area contributed by atoms with Crippen LogP contribution in [0.5, 0.6) is 0 Å². The van der Waals surface area contributed by atoms with Crippen LogP contribution < -0.4 is 0 Å². The van der Waals surface area contributed by atoms with Gasteiger partial charge in [-0.25, -0.2) is 0 Å². The molecule has 0 heterocycles. The number of ketones is 2. The normalized spacial score (nSPS) is 47.5. The maximum absolute atomic E-state index is 13.7. The minimum absolute atomic E-state index is 0.0710. The second kappa shape index (κ2) is 6.32. The van der Waals surface area contributed by atoms with Gasteiger partial charge in [-0.3, -0.25) is 9.59 Å². The minimum atomic E-state index is -1.15. The van der Waals surface area contributed by atoms with Crippen molar-refractivity contribution in [3.63, 3.8) is 0 Å². The van der Waals surface area contributed by atoms with Gasteiger partial charge in [0.2, 0.25) is 0 Å². The zero-order valence-electron chi connectivity index (χ0n) is 17.8. The Hall–Kier alpha value is -1.39. The predicted molar refractivity (Wildman–Crippen MR) is 116 cm³/mol. The standard InChI is InChI=1S/C26H30O3S/c1-25-10-8-15(27)12-20(25)17-13-18(17)23-19(25)9-11-26(2)22(28)14-21(24(23)26)30(29)16-6-4-3-5-7-16/h3-7,12,17-19,21,23-24H,8-11,13-14H2,1-2H3/t17?,18?,19-,21?,23+,24-,25+,26+,30?/m0/s1. The zero-order chi connectivity index (χ0) is 20.8. The fourth-order valence-electron chi connectivity index (χ4n) is 8.13. The summed E-state index contributed by atoms with van der Waals surface area (Å²) in [7, 11) is 0. The van der Waals surface area contributed by atoms with E-state index in [2.05, 4.69) is 13.8 Å². The first-order valence-corrected chi connectivity index (χ1v) is 12.8. The third-order valence-corrected chi connectivity index (χ3v) is 11.4. The third kappa shape index (κ3) is 2.44. The number of benzene rings is 1. The lowest BCUT2D eigenvalue weighted by Crippen LogP contribution is -2.54. The van der Waals surface area contributed by atoms with E-state index in [0.717, 1.165) is 30.6 Å². The summed E-state index contributed by atoms with van der Waals surface area (Å²) in [5, 5.41) is -0.0710. The first kappa shape index (κ1) is 19.3. The van der Waals surface area contributed by atoms with E-state index in [0.29, 0.717) is 48.1 Å². The van der Waals surface area contributed by atoms with Crippen molar-refractivity contribution in [2.75, 3.05) is 0 Å². The average molecular weight is 423 g/mol. The molecule has 158 valence electrons. The molecule has 0 saturated heterocycles. The van der Waals surface area contributed by atoms with E-state index in [1.54, 1.807) is 0 Å². The van der Waals surface area contributed by atoms with Gasteiger partial charge in [0.15, 0.2) is 10.7 Å². The topological polar surface area (TPSA) is 57.2 Å². The molecule has 5 aliphatic rings. The number of rotatable bonds is 2. The number of fused-ring (bicyclic) bond motifs is 8. The molecule has 1 aromatic carbocycles. The molecule has 4 unspecified atom stereocenters. The van der Waals surface area contributed by atoms with E-state index < -0.39 is 11.2 Å². The van der Waals surface area contributed by atoms with Crippen molar-refractivity contribution in [1.82, 2.24) is 0 Å². The van der Waals surface area contributed by atoms with Crippen molar-refractivity contribution in [2.24, 2.45) is 40.4 Å².